The molecule has 3 aromatic heterocycles. The normalized spacial score (nSPS) is 10.8. The number of nitrogens with zero attached hydrogens (tertiary/aromatic N) is 2. The van der Waals surface area contributed by atoms with E-state index >= 15 is 0 Å². The van der Waals surface area contributed by atoms with Gasteiger partial charge in [0, 0.05) is 24.7 Å². The Kier molecular flexibility index (Phi) is 5.90. The van der Waals surface area contributed by atoms with Gasteiger partial charge in [0.15, 0.2) is 0 Å². The van der Waals surface area contributed by atoms with E-state index in [4.69, 9.17) is 4.98 Å². The molecule has 3 heterocycles. The van der Waals surface area contributed by atoms with Crippen molar-refractivity contribution in [3.05, 3.63) is 76.6 Å². The molecule has 0 radical (unpaired) electrons. The Morgan fingerprint density at radius 1 is 1.07 bits per heavy atom. The highest BCUT2D eigenvalue weighted by Gasteiger charge is 2.16. The zero-order valence-electron chi connectivity index (χ0n) is 16.6. The summed E-state index contributed by atoms with van der Waals surface area (Å²) < 4.78 is 1.91. The minimum absolute atomic E-state index is 0.103. The van der Waals surface area contributed by atoms with E-state index in [-0.39, 0.29) is 11.8 Å². The number of carbonyl (C=O) groups is 2. The van der Waals surface area contributed by atoms with Crippen LogP contribution in [-0.4, -0.2) is 27.7 Å². The summed E-state index contributed by atoms with van der Waals surface area (Å²) in [5, 5.41) is 7.74. The second-order valence-corrected chi connectivity index (χ2v) is 7.94. The summed E-state index contributed by atoms with van der Waals surface area (Å²) in [5.41, 5.74) is 3.53. The zero-order valence-corrected chi connectivity index (χ0v) is 17.4. The van der Waals surface area contributed by atoms with Crippen molar-refractivity contribution in [1.29, 1.82) is 0 Å². The maximum absolute atomic E-state index is 12.6. The van der Waals surface area contributed by atoms with E-state index in [1.165, 1.54) is 11.3 Å². The predicted octanol–water partition coefficient (Wildman–Crippen LogP) is 4.52. The molecule has 0 spiro atoms. The van der Waals surface area contributed by atoms with Crippen molar-refractivity contribution in [3.8, 4) is 11.3 Å². The van der Waals surface area contributed by atoms with Crippen LogP contribution in [0.2, 0.25) is 0 Å². The van der Waals surface area contributed by atoms with Crippen LogP contribution in [0.3, 0.4) is 0 Å². The number of amides is 2. The number of nitrogens with one attached hydrogen (secondary N) is 2. The summed E-state index contributed by atoms with van der Waals surface area (Å²) in [6.07, 6.45) is 2.82. The van der Waals surface area contributed by atoms with E-state index in [9.17, 15) is 9.59 Å². The fourth-order valence-electron chi connectivity index (χ4n) is 3.21. The average Bonchev–Trinajstić information content (AvgIpc) is 3.41. The molecule has 4 rings (SSSR count). The minimum Gasteiger partial charge on any atom is -0.351 e. The summed E-state index contributed by atoms with van der Waals surface area (Å²) in [5.74, 6) is 0.447. The molecule has 4 aromatic rings. The van der Waals surface area contributed by atoms with Crippen molar-refractivity contribution in [2.75, 3.05) is 11.9 Å². The zero-order chi connectivity index (χ0) is 20.9. The maximum Gasteiger partial charge on any atom is 0.261 e. The first kappa shape index (κ1) is 19.8. The van der Waals surface area contributed by atoms with Gasteiger partial charge in [-0.2, -0.15) is 0 Å². The average molecular weight is 419 g/mol. The van der Waals surface area contributed by atoms with Gasteiger partial charge in [-0.25, -0.2) is 4.98 Å². The summed E-state index contributed by atoms with van der Waals surface area (Å²) in [6.45, 7) is 2.45. The van der Waals surface area contributed by atoms with Gasteiger partial charge in [-0.3, -0.25) is 14.0 Å². The highest BCUT2D eigenvalue weighted by molar-refractivity contribution is 7.12. The smallest absolute Gasteiger partial charge is 0.261 e. The highest BCUT2D eigenvalue weighted by atomic mass is 32.1. The quantitative estimate of drug-likeness (QED) is 0.433. The molecule has 0 aliphatic carbocycles. The van der Waals surface area contributed by atoms with Gasteiger partial charge in [0.25, 0.3) is 5.91 Å². The predicted molar refractivity (Wildman–Crippen MR) is 120 cm³/mol. The Morgan fingerprint density at radius 2 is 1.90 bits per heavy atom. The Hall–Kier alpha value is -3.45. The number of thiophene rings is 1. The Bertz CT molecular complexity index is 1170. The molecule has 0 saturated heterocycles. The highest BCUT2D eigenvalue weighted by Crippen LogP contribution is 2.29. The van der Waals surface area contributed by atoms with Gasteiger partial charge >= 0.3 is 0 Å². The number of aromatic nitrogens is 2. The van der Waals surface area contributed by atoms with E-state index < -0.39 is 0 Å². The summed E-state index contributed by atoms with van der Waals surface area (Å²) in [7, 11) is 0. The number of carbonyl (C=O) groups excluding carboxylic acids is 2. The number of pyridine rings is 1. The van der Waals surface area contributed by atoms with E-state index in [0.717, 1.165) is 22.5 Å². The van der Waals surface area contributed by atoms with Gasteiger partial charge in [-0.05, 0) is 36.4 Å². The first-order valence-electron chi connectivity index (χ1n) is 9.77. The van der Waals surface area contributed by atoms with Gasteiger partial charge in [-0.1, -0.05) is 42.5 Å². The number of imidazole rings is 1. The lowest BCUT2D eigenvalue weighted by molar-refractivity contribution is -0.116. The molecule has 0 aliphatic rings. The van der Waals surface area contributed by atoms with Gasteiger partial charge < -0.3 is 10.6 Å². The van der Waals surface area contributed by atoms with Gasteiger partial charge in [0.2, 0.25) is 5.91 Å². The Balaban J connectivity index is 1.45. The lowest BCUT2D eigenvalue weighted by Crippen LogP contribution is -2.24. The monoisotopic (exact) mass is 418 g/mol. The van der Waals surface area contributed by atoms with Crippen molar-refractivity contribution in [2.24, 2.45) is 0 Å². The molecule has 0 fully saturated rings. The van der Waals surface area contributed by atoms with Crippen LogP contribution in [0.25, 0.3) is 16.9 Å². The maximum atomic E-state index is 12.6. The van der Waals surface area contributed by atoms with Crippen LogP contribution in [0.15, 0.2) is 66.2 Å². The lowest BCUT2D eigenvalue weighted by Gasteiger charge is -2.09. The molecule has 0 atom stereocenters. The number of hydrogen-bond donors (Lipinski definition) is 2. The number of anilines is 1. The first-order valence-corrected chi connectivity index (χ1v) is 10.7. The molecule has 1 aromatic carbocycles. The molecule has 0 aliphatic heterocycles. The molecule has 6 nitrogen and oxygen atoms in total. The molecular formula is C23H22N4O2S. The van der Waals surface area contributed by atoms with Gasteiger partial charge in [0.05, 0.1) is 4.88 Å². The van der Waals surface area contributed by atoms with E-state index in [0.29, 0.717) is 30.1 Å². The van der Waals surface area contributed by atoms with Crippen LogP contribution >= 0.6 is 11.3 Å². The van der Waals surface area contributed by atoms with Gasteiger partial charge in [0.1, 0.15) is 17.2 Å². The molecule has 2 N–H and O–H groups in total. The third kappa shape index (κ3) is 4.41. The molecule has 0 bridgehead atoms. The first-order chi connectivity index (χ1) is 14.6. The topological polar surface area (TPSA) is 75.5 Å². The van der Waals surface area contributed by atoms with Crippen molar-refractivity contribution in [2.45, 2.75) is 19.8 Å². The van der Waals surface area contributed by atoms with Crippen LogP contribution in [-0.2, 0) is 4.79 Å². The van der Waals surface area contributed by atoms with Gasteiger partial charge in [-0.15, -0.1) is 11.3 Å². The van der Waals surface area contributed by atoms with Crippen LogP contribution in [0, 0.1) is 6.92 Å². The lowest BCUT2D eigenvalue weighted by atomic mass is 10.1. The Morgan fingerprint density at radius 3 is 2.67 bits per heavy atom. The summed E-state index contributed by atoms with van der Waals surface area (Å²) in [6, 6.07) is 17.4. The van der Waals surface area contributed by atoms with Crippen LogP contribution in [0.4, 0.5) is 5.82 Å². The van der Waals surface area contributed by atoms with Crippen molar-refractivity contribution in [1.82, 2.24) is 14.7 Å². The molecule has 30 heavy (non-hydrogen) atoms. The molecular weight excluding hydrogens is 396 g/mol. The van der Waals surface area contributed by atoms with E-state index in [2.05, 4.69) is 10.6 Å². The molecule has 2 amide bonds. The summed E-state index contributed by atoms with van der Waals surface area (Å²) >= 11 is 1.40. The largest absolute Gasteiger partial charge is 0.351 e. The second kappa shape index (κ2) is 8.92. The van der Waals surface area contributed by atoms with E-state index in [1.807, 2.05) is 71.4 Å². The third-order valence-electron chi connectivity index (χ3n) is 4.68. The number of aryl methyl sites for hydroxylation is 1. The third-order valence-corrected chi connectivity index (χ3v) is 5.55. The number of benzene rings is 1. The van der Waals surface area contributed by atoms with Crippen LogP contribution in [0.5, 0.6) is 0 Å². The minimum atomic E-state index is -0.110. The fourth-order valence-corrected chi connectivity index (χ4v) is 3.85. The molecule has 152 valence electrons. The number of fused-ring (bicyclic) bond motifs is 1. The van der Waals surface area contributed by atoms with E-state index in [1.54, 1.807) is 6.07 Å². The number of rotatable bonds is 7. The van der Waals surface area contributed by atoms with Crippen LogP contribution < -0.4 is 10.6 Å². The van der Waals surface area contributed by atoms with Crippen molar-refractivity contribution >= 4 is 34.6 Å². The fraction of sp³-hybridized carbons (Fsp3) is 0.174. The molecule has 0 saturated carbocycles. The van der Waals surface area contributed by atoms with Crippen molar-refractivity contribution in [3.63, 3.8) is 0 Å². The SMILES string of the molecule is Cc1ccc2nc(-c3ccccc3)c(NC(=O)CCCNC(=O)c3cccs3)n2c1. The number of hydrogen-bond acceptors (Lipinski definition) is 4. The summed E-state index contributed by atoms with van der Waals surface area (Å²) in [4.78, 5) is 30.0. The second-order valence-electron chi connectivity index (χ2n) is 6.99. The molecule has 7 heteroatoms. The van der Waals surface area contributed by atoms with Crippen LogP contribution in [0.1, 0.15) is 28.1 Å². The molecule has 0 unspecified atom stereocenters. The van der Waals surface area contributed by atoms with Crippen molar-refractivity contribution < 1.29 is 9.59 Å². The standard InChI is InChI=1S/C23H22N4O2S/c1-16-11-12-19-25-21(17-7-3-2-4-8-17)22(27(19)15-16)26-20(28)10-5-13-24-23(29)18-9-6-14-30-18/h2-4,6-9,11-12,14-15H,5,10,13H2,1H3,(H,24,29)(H,26,28). The Labute approximate surface area is 178 Å².